The minimum absolute atomic E-state index is 0. The summed E-state index contributed by atoms with van der Waals surface area (Å²) in [4.78, 5) is 16.5. The number of benzene rings is 2. The number of nitrogens with one attached hydrogen (secondary N) is 1. The molecule has 0 bridgehead atoms. The molecule has 2 aromatic carbocycles. The van der Waals surface area contributed by atoms with Gasteiger partial charge in [0.1, 0.15) is 6.04 Å². The minimum atomic E-state index is -0.562. The van der Waals surface area contributed by atoms with Crippen molar-refractivity contribution in [3.8, 4) is 11.4 Å². The first-order chi connectivity index (χ1) is 13.6. The summed E-state index contributed by atoms with van der Waals surface area (Å²) in [5.41, 5.74) is 1.80. The van der Waals surface area contributed by atoms with Crippen molar-refractivity contribution in [3.63, 3.8) is 0 Å². The number of carbonyl (C=O) groups is 1. The molecule has 7 nitrogen and oxygen atoms in total. The molecule has 3 aromatic rings. The van der Waals surface area contributed by atoms with Gasteiger partial charge in [-0.15, -0.1) is 22.6 Å². The number of nitrogens with zero attached hydrogens (tertiary/aromatic N) is 5. The number of hydrogen-bond acceptors (Lipinski definition) is 5. The molecule has 2 atom stereocenters. The van der Waals surface area contributed by atoms with E-state index in [1.54, 1.807) is 6.92 Å². The van der Waals surface area contributed by atoms with Gasteiger partial charge in [0.2, 0.25) is 11.7 Å². The second-order valence-electron chi connectivity index (χ2n) is 6.75. The summed E-state index contributed by atoms with van der Waals surface area (Å²) in [5.74, 6) is 0.451. The van der Waals surface area contributed by atoms with E-state index in [2.05, 4.69) is 20.7 Å². The first kappa shape index (κ1) is 21.2. The number of hydrogen-bond donors (Lipinski definition) is 1. The van der Waals surface area contributed by atoms with Gasteiger partial charge in [-0.1, -0.05) is 60.1 Å². The van der Waals surface area contributed by atoms with E-state index in [9.17, 15) is 4.79 Å². The monoisotopic (exact) mass is 432 g/mol. The molecular formula is C20H22Cl2N6O. The van der Waals surface area contributed by atoms with Crippen LogP contribution in [0.4, 0.5) is 0 Å². The fourth-order valence-corrected chi connectivity index (χ4v) is 3.68. The lowest BCUT2D eigenvalue weighted by molar-refractivity contribution is -0.138. The summed E-state index contributed by atoms with van der Waals surface area (Å²) in [5, 5.41) is 16.6. The summed E-state index contributed by atoms with van der Waals surface area (Å²) in [7, 11) is 0. The van der Waals surface area contributed by atoms with E-state index in [4.69, 9.17) is 11.6 Å². The van der Waals surface area contributed by atoms with E-state index in [1.165, 1.54) is 4.80 Å². The molecular weight excluding hydrogens is 411 g/mol. The molecule has 2 unspecified atom stereocenters. The molecule has 29 heavy (non-hydrogen) atoms. The third-order valence-corrected chi connectivity index (χ3v) is 5.30. The van der Waals surface area contributed by atoms with Crippen LogP contribution in [-0.2, 0) is 4.79 Å². The Morgan fingerprint density at radius 3 is 2.66 bits per heavy atom. The maximum Gasteiger partial charge on any atom is 0.249 e. The molecule has 2 heterocycles. The van der Waals surface area contributed by atoms with Gasteiger partial charge in [0, 0.05) is 30.2 Å². The highest BCUT2D eigenvalue weighted by Crippen LogP contribution is 2.30. The van der Waals surface area contributed by atoms with E-state index in [0.717, 1.165) is 17.7 Å². The molecule has 4 rings (SSSR count). The number of carbonyl (C=O) groups excluding carboxylic acids is 1. The average molecular weight is 433 g/mol. The molecule has 1 fully saturated rings. The summed E-state index contributed by atoms with van der Waals surface area (Å²) >= 11 is 6.39. The lowest BCUT2D eigenvalue weighted by Gasteiger charge is -2.38. The Bertz CT molecular complexity index is 964. The van der Waals surface area contributed by atoms with Crippen LogP contribution in [0.2, 0.25) is 5.02 Å². The second kappa shape index (κ2) is 9.35. The third-order valence-electron chi connectivity index (χ3n) is 4.95. The van der Waals surface area contributed by atoms with Gasteiger partial charge in [-0.25, -0.2) is 0 Å². The molecule has 1 saturated heterocycles. The molecule has 0 aliphatic carbocycles. The van der Waals surface area contributed by atoms with Crippen molar-refractivity contribution < 1.29 is 4.79 Å². The number of rotatable bonds is 4. The highest BCUT2D eigenvalue weighted by Gasteiger charge is 2.33. The quantitative estimate of drug-likeness (QED) is 0.684. The SMILES string of the molecule is CC(C(=O)N1CCNCC1c1ccccc1Cl)n1nnc(-c2ccccc2)n1.Cl. The van der Waals surface area contributed by atoms with Gasteiger partial charge < -0.3 is 10.2 Å². The lowest BCUT2D eigenvalue weighted by atomic mass is 10.0. The van der Waals surface area contributed by atoms with Crippen LogP contribution in [0.15, 0.2) is 54.6 Å². The van der Waals surface area contributed by atoms with Crippen LogP contribution in [0.3, 0.4) is 0 Å². The van der Waals surface area contributed by atoms with Crippen molar-refractivity contribution in [1.82, 2.24) is 30.4 Å². The summed E-state index contributed by atoms with van der Waals surface area (Å²) < 4.78 is 0. The molecule has 1 N–H and O–H groups in total. The highest BCUT2D eigenvalue weighted by molar-refractivity contribution is 6.31. The maximum absolute atomic E-state index is 13.3. The van der Waals surface area contributed by atoms with Crippen LogP contribution >= 0.6 is 24.0 Å². The maximum atomic E-state index is 13.3. The highest BCUT2D eigenvalue weighted by atomic mass is 35.5. The molecule has 1 aliphatic rings. The van der Waals surface area contributed by atoms with Crippen LogP contribution in [0, 0.1) is 0 Å². The van der Waals surface area contributed by atoms with E-state index < -0.39 is 6.04 Å². The van der Waals surface area contributed by atoms with Gasteiger partial charge in [-0.2, -0.15) is 4.80 Å². The molecule has 1 aliphatic heterocycles. The number of aromatic nitrogens is 4. The predicted molar refractivity (Wildman–Crippen MR) is 114 cm³/mol. The van der Waals surface area contributed by atoms with Crippen molar-refractivity contribution in [3.05, 3.63) is 65.2 Å². The molecule has 0 saturated carbocycles. The predicted octanol–water partition coefficient (Wildman–Crippen LogP) is 3.15. The van der Waals surface area contributed by atoms with E-state index in [-0.39, 0.29) is 24.4 Å². The molecule has 0 radical (unpaired) electrons. The van der Waals surface area contributed by atoms with Crippen LogP contribution < -0.4 is 5.32 Å². The van der Waals surface area contributed by atoms with E-state index in [0.29, 0.717) is 23.9 Å². The van der Waals surface area contributed by atoms with Crippen molar-refractivity contribution in [1.29, 1.82) is 0 Å². The topological polar surface area (TPSA) is 75.9 Å². The fraction of sp³-hybridized carbons (Fsp3) is 0.300. The smallest absolute Gasteiger partial charge is 0.249 e. The largest absolute Gasteiger partial charge is 0.331 e. The van der Waals surface area contributed by atoms with Gasteiger partial charge in [0.05, 0.1) is 6.04 Å². The van der Waals surface area contributed by atoms with Crippen LogP contribution in [-0.4, -0.2) is 50.6 Å². The summed E-state index contributed by atoms with van der Waals surface area (Å²) in [6, 6.07) is 16.5. The Hall–Kier alpha value is -2.48. The van der Waals surface area contributed by atoms with Gasteiger partial charge in [0.15, 0.2) is 0 Å². The Balaban J connectivity index is 0.00000240. The Labute approximate surface area is 180 Å². The van der Waals surface area contributed by atoms with Gasteiger partial charge >= 0.3 is 0 Å². The minimum Gasteiger partial charge on any atom is -0.331 e. The lowest BCUT2D eigenvalue weighted by Crippen LogP contribution is -2.50. The van der Waals surface area contributed by atoms with Crippen molar-refractivity contribution in [2.45, 2.75) is 19.0 Å². The molecule has 9 heteroatoms. The number of tetrazole rings is 1. The van der Waals surface area contributed by atoms with Crippen LogP contribution in [0.1, 0.15) is 24.6 Å². The normalized spacial score (nSPS) is 17.4. The number of piperazine rings is 1. The van der Waals surface area contributed by atoms with Crippen LogP contribution in [0.5, 0.6) is 0 Å². The Kier molecular flexibility index (Phi) is 6.84. The molecule has 0 spiro atoms. The standard InChI is InChI=1S/C20H21ClN6O.ClH/c1-14(27-24-19(23-25-27)15-7-3-2-4-8-15)20(28)26-12-11-22-13-18(26)16-9-5-6-10-17(16)21;/h2-10,14,18,22H,11-13H2,1H3;1H. The first-order valence-corrected chi connectivity index (χ1v) is 9.63. The molecule has 152 valence electrons. The zero-order valence-corrected chi connectivity index (χ0v) is 17.5. The first-order valence-electron chi connectivity index (χ1n) is 9.25. The summed E-state index contributed by atoms with van der Waals surface area (Å²) in [6.45, 7) is 3.78. The second-order valence-corrected chi connectivity index (χ2v) is 7.16. The number of halogens is 2. The Morgan fingerprint density at radius 1 is 1.17 bits per heavy atom. The number of amides is 1. The third kappa shape index (κ3) is 4.42. The zero-order valence-electron chi connectivity index (χ0n) is 15.9. The van der Waals surface area contributed by atoms with Crippen LogP contribution in [0.25, 0.3) is 11.4 Å². The van der Waals surface area contributed by atoms with Gasteiger partial charge in [-0.3, -0.25) is 4.79 Å². The van der Waals surface area contributed by atoms with Gasteiger partial charge in [0.25, 0.3) is 0 Å². The van der Waals surface area contributed by atoms with E-state index in [1.807, 2.05) is 59.5 Å². The molecule has 1 amide bonds. The zero-order chi connectivity index (χ0) is 19.5. The molecule has 1 aromatic heterocycles. The Morgan fingerprint density at radius 2 is 1.90 bits per heavy atom. The van der Waals surface area contributed by atoms with Crippen molar-refractivity contribution >= 4 is 29.9 Å². The fourth-order valence-electron chi connectivity index (χ4n) is 3.42. The van der Waals surface area contributed by atoms with Crippen molar-refractivity contribution in [2.24, 2.45) is 0 Å². The van der Waals surface area contributed by atoms with Gasteiger partial charge in [-0.05, 0) is 23.8 Å². The van der Waals surface area contributed by atoms with Crippen molar-refractivity contribution in [2.75, 3.05) is 19.6 Å². The van der Waals surface area contributed by atoms with E-state index >= 15 is 0 Å². The average Bonchev–Trinajstić information content (AvgIpc) is 3.24. The summed E-state index contributed by atoms with van der Waals surface area (Å²) in [6.07, 6.45) is 0.